The van der Waals surface area contributed by atoms with Crippen molar-refractivity contribution in [2.24, 2.45) is 0 Å². The summed E-state index contributed by atoms with van der Waals surface area (Å²) in [4.78, 5) is 6.56. The largest absolute Gasteiger partial charge is 0.383 e. The number of nitrogens with one attached hydrogen (secondary N) is 1. The Morgan fingerprint density at radius 3 is 3.00 bits per heavy atom. The normalized spacial score (nSPS) is 17.3. The van der Waals surface area contributed by atoms with Crippen LogP contribution in [0.2, 0.25) is 0 Å². The molecule has 1 fully saturated rings. The monoisotopic (exact) mass is 301 g/mol. The molecule has 0 spiro atoms. The number of halogens is 1. The summed E-state index contributed by atoms with van der Waals surface area (Å²) < 4.78 is 1.03. The first-order valence-electron chi connectivity index (χ1n) is 5.50. The van der Waals surface area contributed by atoms with Crippen molar-refractivity contribution in [3.63, 3.8) is 0 Å². The van der Waals surface area contributed by atoms with Gasteiger partial charge in [-0.3, -0.25) is 9.88 Å². The molecule has 1 aromatic heterocycles. The Labute approximate surface area is 109 Å². The molecule has 0 radical (unpaired) electrons. The standard InChI is InChI=1S/C11H16BrN3S/c12-10-9-13-2-1-11(10)14-3-4-15-5-7-16-8-6-15/h1-2,9H,3-8H2,(H,13,14). The summed E-state index contributed by atoms with van der Waals surface area (Å²) in [6, 6.07) is 2.00. The summed E-state index contributed by atoms with van der Waals surface area (Å²) in [6.45, 7) is 4.57. The highest BCUT2D eigenvalue weighted by molar-refractivity contribution is 9.10. The topological polar surface area (TPSA) is 28.2 Å². The molecule has 0 aromatic carbocycles. The fourth-order valence-corrected chi connectivity index (χ4v) is 3.06. The Balaban J connectivity index is 1.73. The first-order valence-corrected chi connectivity index (χ1v) is 7.44. The Bertz CT molecular complexity index is 329. The zero-order valence-electron chi connectivity index (χ0n) is 9.16. The van der Waals surface area contributed by atoms with E-state index in [1.54, 1.807) is 0 Å². The molecule has 0 saturated carbocycles. The SMILES string of the molecule is Brc1cnccc1NCCN1CCSCC1. The van der Waals surface area contributed by atoms with Gasteiger partial charge in [0.1, 0.15) is 0 Å². The zero-order valence-corrected chi connectivity index (χ0v) is 11.6. The molecule has 0 unspecified atom stereocenters. The molecule has 0 amide bonds. The number of aromatic nitrogens is 1. The molecule has 0 aliphatic carbocycles. The molecule has 88 valence electrons. The highest BCUT2D eigenvalue weighted by Crippen LogP contribution is 2.19. The number of rotatable bonds is 4. The van der Waals surface area contributed by atoms with Crippen LogP contribution in [0.15, 0.2) is 22.9 Å². The minimum Gasteiger partial charge on any atom is -0.383 e. The second kappa shape index (κ2) is 6.47. The van der Waals surface area contributed by atoms with Gasteiger partial charge >= 0.3 is 0 Å². The Morgan fingerprint density at radius 1 is 1.44 bits per heavy atom. The van der Waals surface area contributed by atoms with Gasteiger partial charge in [0, 0.05) is 50.1 Å². The van der Waals surface area contributed by atoms with Gasteiger partial charge in [-0.05, 0) is 22.0 Å². The van der Waals surface area contributed by atoms with Gasteiger partial charge in [0.05, 0.1) is 10.2 Å². The predicted octanol–water partition coefficient (Wildman–Crippen LogP) is 2.30. The van der Waals surface area contributed by atoms with Crippen LogP contribution in [0.5, 0.6) is 0 Å². The lowest BCUT2D eigenvalue weighted by molar-refractivity contribution is 0.314. The van der Waals surface area contributed by atoms with E-state index in [0.29, 0.717) is 0 Å². The van der Waals surface area contributed by atoms with Crippen LogP contribution in [0.3, 0.4) is 0 Å². The summed E-state index contributed by atoms with van der Waals surface area (Å²) in [5.74, 6) is 2.55. The predicted molar refractivity (Wildman–Crippen MR) is 74.2 cm³/mol. The van der Waals surface area contributed by atoms with Crippen molar-refractivity contribution in [1.82, 2.24) is 9.88 Å². The highest BCUT2D eigenvalue weighted by atomic mass is 79.9. The van der Waals surface area contributed by atoms with Gasteiger partial charge in [-0.15, -0.1) is 0 Å². The third-order valence-corrected chi connectivity index (χ3v) is 4.19. The van der Waals surface area contributed by atoms with E-state index in [9.17, 15) is 0 Å². The van der Waals surface area contributed by atoms with Gasteiger partial charge in [0.2, 0.25) is 0 Å². The van der Waals surface area contributed by atoms with Crippen molar-refractivity contribution >= 4 is 33.4 Å². The van der Waals surface area contributed by atoms with Crippen molar-refractivity contribution in [2.45, 2.75) is 0 Å². The second-order valence-corrected chi connectivity index (χ2v) is 5.82. The molecule has 0 bridgehead atoms. The van der Waals surface area contributed by atoms with E-state index in [4.69, 9.17) is 0 Å². The highest BCUT2D eigenvalue weighted by Gasteiger charge is 2.09. The van der Waals surface area contributed by atoms with Gasteiger partial charge in [0.25, 0.3) is 0 Å². The van der Waals surface area contributed by atoms with Crippen molar-refractivity contribution in [1.29, 1.82) is 0 Å². The molecule has 3 nitrogen and oxygen atoms in total. The minimum atomic E-state index is 0.993. The van der Waals surface area contributed by atoms with Gasteiger partial charge in [-0.1, -0.05) is 0 Å². The number of thioether (sulfide) groups is 1. The van der Waals surface area contributed by atoms with Crippen LogP contribution < -0.4 is 5.32 Å². The van der Waals surface area contributed by atoms with E-state index in [1.165, 1.54) is 24.6 Å². The molecule has 1 saturated heterocycles. The molecule has 16 heavy (non-hydrogen) atoms. The smallest absolute Gasteiger partial charge is 0.0590 e. The molecule has 1 N–H and O–H groups in total. The van der Waals surface area contributed by atoms with Crippen molar-refractivity contribution in [2.75, 3.05) is 43.0 Å². The maximum absolute atomic E-state index is 4.04. The fraction of sp³-hybridized carbons (Fsp3) is 0.545. The van der Waals surface area contributed by atoms with Gasteiger partial charge in [-0.25, -0.2) is 0 Å². The molecular formula is C11H16BrN3S. The van der Waals surface area contributed by atoms with Crippen LogP contribution in [-0.2, 0) is 0 Å². The van der Waals surface area contributed by atoms with Crippen LogP contribution in [0.4, 0.5) is 5.69 Å². The number of pyridine rings is 1. The average molecular weight is 302 g/mol. The van der Waals surface area contributed by atoms with Crippen molar-refractivity contribution in [3.05, 3.63) is 22.9 Å². The summed E-state index contributed by atoms with van der Waals surface area (Å²) in [5.41, 5.74) is 1.13. The molecular weight excluding hydrogens is 286 g/mol. The van der Waals surface area contributed by atoms with E-state index in [2.05, 4.69) is 42.9 Å². The van der Waals surface area contributed by atoms with Crippen LogP contribution >= 0.6 is 27.7 Å². The number of hydrogen-bond donors (Lipinski definition) is 1. The lowest BCUT2D eigenvalue weighted by Gasteiger charge is -2.26. The summed E-state index contributed by atoms with van der Waals surface area (Å²) in [7, 11) is 0. The quantitative estimate of drug-likeness (QED) is 0.924. The van der Waals surface area contributed by atoms with E-state index in [0.717, 1.165) is 23.2 Å². The van der Waals surface area contributed by atoms with Crippen molar-refractivity contribution < 1.29 is 0 Å². The van der Waals surface area contributed by atoms with Gasteiger partial charge in [-0.2, -0.15) is 11.8 Å². The summed E-state index contributed by atoms with van der Waals surface area (Å²) in [5, 5.41) is 3.42. The molecule has 5 heteroatoms. The number of anilines is 1. The Hall–Kier alpha value is -0.260. The van der Waals surface area contributed by atoms with E-state index in [-0.39, 0.29) is 0 Å². The van der Waals surface area contributed by atoms with E-state index < -0.39 is 0 Å². The first-order chi connectivity index (χ1) is 7.86. The van der Waals surface area contributed by atoms with E-state index >= 15 is 0 Å². The summed E-state index contributed by atoms with van der Waals surface area (Å²) >= 11 is 5.53. The fourth-order valence-electron chi connectivity index (χ4n) is 1.69. The van der Waals surface area contributed by atoms with Gasteiger partial charge in [0.15, 0.2) is 0 Å². The lowest BCUT2D eigenvalue weighted by Crippen LogP contribution is -2.36. The minimum absolute atomic E-state index is 0.993. The van der Waals surface area contributed by atoms with E-state index in [1.807, 2.05) is 18.5 Å². The van der Waals surface area contributed by atoms with Crippen LogP contribution in [0.1, 0.15) is 0 Å². The molecule has 2 rings (SSSR count). The molecule has 0 atom stereocenters. The number of nitrogens with zero attached hydrogens (tertiary/aromatic N) is 2. The Kier molecular flexibility index (Phi) is 4.93. The molecule has 1 aromatic rings. The van der Waals surface area contributed by atoms with Crippen LogP contribution in [0, 0.1) is 0 Å². The molecule has 1 aliphatic rings. The maximum Gasteiger partial charge on any atom is 0.0590 e. The first kappa shape index (κ1) is 12.2. The zero-order chi connectivity index (χ0) is 11.2. The number of hydrogen-bond acceptors (Lipinski definition) is 4. The van der Waals surface area contributed by atoms with Crippen LogP contribution in [0.25, 0.3) is 0 Å². The molecule has 1 aliphatic heterocycles. The summed E-state index contributed by atoms with van der Waals surface area (Å²) in [6.07, 6.45) is 3.63. The average Bonchev–Trinajstić information content (AvgIpc) is 2.33. The lowest BCUT2D eigenvalue weighted by atomic mass is 10.4. The third kappa shape index (κ3) is 3.64. The third-order valence-electron chi connectivity index (χ3n) is 2.62. The molecule has 2 heterocycles. The second-order valence-electron chi connectivity index (χ2n) is 3.74. The van der Waals surface area contributed by atoms with Gasteiger partial charge < -0.3 is 5.32 Å². The van der Waals surface area contributed by atoms with Crippen LogP contribution in [-0.4, -0.2) is 47.6 Å². The Morgan fingerprint density at radius 2 is 2.25 bits per heavy atom. The maximum atomic E-state index is 4.04. The van der Waals surface area contributed by atoms with Crippen molar-refractivity contribution in [3.8, 4) is 0 Å².